The lowest BCUT2D eigenvalue weighted by molar-refractivity contribution is 0.0774. The van der Waals surface area contributed by atoms with E-state index in [9.17, 15) is 0 Å². The fraction of sp³-hybridized carbons (Fsp3) is 1.00. The van der Waals surface area contributed by atoms with E-state index in [4.69, 9.17) is 10.5 Å². The summed E-state index contributed by atoms with van der Waals surface area (Å²) in [5.41, 5.74) is 5.90. The van der Waals surface area contributed by atoms with Crippen molar-refractivity contribution in [3.05, 3.63) is 0 Å². The van der Waals surface area contributed by atoms with Gasteiger partial charge in [0.2, 0.25) is 0 Å². The highest BCUT2D eigenvalue weighted by atomic mass is 16.5. The molecule has 0 spiro atoms. The van der Waals surface area contributed by atoms with Gasteiger partial charge in [-0.25, -0.2) is 0 Å². The summed E-state index contributed by atoms with van der Waals surface area (Å²) < 4.78 is 5.55. The van der Waals surface area contributed by atoms with Crippen molar-refractivity contribution in [3.63, 3.8) is 0 Å². The highest BCUT2D eigenvalue weighted by molar-refractivity contribution is 4.74. The van der Waals surface area contributed by atoms with Crippen molar-refractivity contribution in [2.24, 2.45) is 11.7 Å². The lowest BCUT2D eigenvalue weighted by Crippen LogP contribution is -2.44. The Kier molecular flexibility index (Phi) is 5.45. The number of ether oxygens (including phenoxy) is 1. The largest absolute Gasteiger partial charge is 0.380 e. The Morgan fingerprint density at radius 3 is 2.93 bits per heavy atom. The van der Waals surface area contributed by atoms with Gasteiger partial charge in [-0.2, -0.15) is 0 Å². The van der Waals surface area contributed by atoms with Crippen molar-refractivity contribution < 1.29 is 4.74 Å². The van der Waals surface area contributed by atoms with Gasteiger partial charge in [-0.15, -0.1) is 0 Å². The molecule has 2 N–H and O–H groups in total. The van der Waals surface area contributed by atoms with Gasteiger partial charge < -0.3 is 10.5 Å². The maximum absolute atomic E-state index is 5.90. The van der Waals surface area contributed by atoms with Crippen LogP contribution < -0.4 is 5.73 Å². The summed E-state index contributed by atoms with van der Waals surface area (Å²) in [4.78, 5) is 2.41. The van der Waals surface area contributed by atoms with E-state index in [0.717, 1.165) is 26.3 Å². The number of hydrogen-bond acceptors (Lipinski definition) is 3. The zero-order valence-electron chi connectivity index (χ0n) is 9.54. The molecular formula is C11H24N2O. The molecule has 0 aromatic carbocycles. The molecule has 0 amide bonds. The van der Waals surface area contributed by atoms with Crippen molar-refractivity contribution >= 4 is 0 Å². The SMILES string of the molecule is CC(C)COCCN1CCC[C@@H](N)C1. The van der Waals surface area contributed by atoms with E-state index in [2.05, 4.69) is 18.7 Å². The third-order valence-electron chi connectivity index (χ3n) is 2.55. The van der Waals surface area contributed by atoms with Crippen LogP contribution in [0.25, 0.3) is 0 Å². The second-order valence-corrected chi connectivity index (χ2v) is 4.67. The van der Waals surface area contributed by atoms with Crippen LogP contribution >= 0.6 is 0 Å². The zero-order valence-corrected chi connectivity index (χ0v) is 9.54. The van der Waals surface area contributed by atoms with E-state index in [0.29, 0.717) is 12.0 Å². The third kappa shape index (κ3) is 4.94. The first-order chi connectivity index (χ1) is 6.68. The highest BCUT2D eigenvalue weighted by Gasteiger charge is 2.15. The number of piperidine rings is 1. The van der Waals surface area contributed by atoms with Gasteiger partial charge >= 0.3 is 0 Å². The summed E-state index contributed by atoms with van der Waals surface area (Å²) in [6.07, 6.45) is 2.43. The molecule has 0 aromatic rings. The molecule has 1 atom stereocenters. The molecule has 1 saturated heterocycles. The summed E-state index contributed by atoms with van der Waals surface area (Å²) in [6, 6.07) is 0.383. The van der Waals surface area contributed by atoms with E-state index < -0.39 is 0 Å². The Morgan fingerprint density at radius 1 is 1.50 bits per heavy atom. The predicted molar refractivity (Wildman–Crippen MR) is 59.3 cm³/mol. The minimum atomic E-state index is 0.383. The lowest BCUT2D eigenvalue weighted by atomic mass is 10.1. The van der Waals surface area contributed by atoms with E-state index >= 15 is 0 Å². The van der Waals surface area contributed by atoms with Gasteiger partial charge in [0.25, 0.3) is 0 Å². The monoisotopic (exact) mass is 200 g/mol. The van der Waals surface area contributed by atoms with Crippen LogP contribution in [0.2, 0.25) is 0 Å². The Bertz CT molecular complexity index is 150. The van der Waals surface area contributed by atoms with Crippen molar-refractivity contribution in [2.45, 2.75) is 32.7 Å². The average molecular weight is 200 g/mol. The minimum absolute atomic E-state index is 0.383. The molecule has 0 radical (unpaired) electrons. The lowest BCUT2D eigenvalue weighted by Gasteiger charge is -2.30. The molecule has 0 unspecified atom stereocenters. The van der Waals surface area contributed by atoms with E-state index in [1.165, 1.54) is 19.4 Å². The quantitative estimate of drug-likeness (QED) is 0.675. The summed E-state index contributed by atoms with van der Waals surface area (Å²) in [7, 11) is 0. The second-order valence-electron chi connectivity index (χ2n) is 4.67. The van der Waals surface area contributed by atoms with Crippen molar-refractivity contribution in [1.29, 1.82) is 0 Å². The first kappa shape index (κ1) is 12.0. The smallest absolute Gasteiger partial charge is 0.0593 e. The number of likely N-dealkylation sites (tertiary alicyclic amines) is 1. The van der Waals surface area contributed by atoms with Crippen LogP contribution in [0.5, 0.6) is 0 Å². The molecule has 0 saturated carbocycles. The second kappa shape index (κ2) is 6.38. The molecule has 0 aromatic heterocycles. The van der Waals surface area contributed by atoms with Crippen LogP contribution in [0.1, 0.15) is 26.7 Å². The standard InChI is InChI=1S/C11H24N2O/c1-10(2)9-14-7-6-13-5-3-4-11(12)8-13/h10-11H,3-9,12H2,1-2H3/t11-/m1/s1. The van der Waals surface area contributed by atoms with Gasteiger partial charge in [-0.05, 0) is 25.3 Å². The molecule has 84 valence electrons. The van der Waals surface area contributed by atoms with Crippen molar-refractivity contribution in [2.75, 3.05) is 32.8 Å². The van der Waals surface area contributed by atoms with Crippen LogP contribution in [0.15, 0.2) is 0 Å². The molecule has 1 aliphatic rings. The Hall–Kier alpha value is -0.120. The van der Waals surface area contributed by atoms with Gasteiger partial charge in [-0.1, -0.05) is 13.8 Å². The molecule has 3 nitrogen and oxygen atoms in total. The molecule has 3 heteroatoms. The molecule has 1 heterocycles. The normalized spacial score (nSPS) is 24.4. The van der Waals surface area contributed by atoms with Crippen molar-refractivity contribution in [3.8, 4) is 0 Å². The molecule has 14 heavy (non-hydrogen) atoms. The number of rotatable bonds is 5. The van der Waals surface area contributed by atoms with Crippen LogP contribution in [0, 0.1) is 5.92 Å². The van der Waals surface area contributed by atoms with E-state index in [-0.39, 0.29) is 0 Å². The van der Waals surface area contributed by atoms with Gasteiger partial charge in [-0.3, -0.25) is 4.90 Å². The zero-order chi connectivity index (χ0) is 10.4. The van der Waals surface area contributed by atoms with Crippen LogP contribution in [-0.4, -0.2) is 43.8 Å². The fourth-order valence-electron chi connectivity index (χ4n) is 1.81. The van der Waals surface area contributed by atoms with Gasteiger partial charge in [0, 0.05) is 25.7 Å². The topological polar surface area (TPSA) is 38.5 Å². The third-order valence-corrected chi connectivity index (χ3v) is 2.55. The van der Waals surface area contributed by atoms with Crippen LogP contribution in [-0.2, 0) is 4.74 Å². The fourth-order valence-corrected chi connectivity index (χ4v) is 1.81. The molecule has 0 bridgehead atoms. The number of hydrogen-bond donors (Lipinski definition) is 1. The number of nitrogens with zero attached hydrogens (tertiary/aromatic N) is 1. The Morgan fingerprint density at radius 2 is 2.29 bits per heavy atom. The Labute approximate surface area is 87.6 Å². The molecule has 1 fully saturated rings. The van der Waals surface area contributed by atoms with Crippen LogP contribution in [0.3, 0.4) is 0 Å². The number of nitrogens with two attached hydrogens (primary N) is 1. The maximum atomic E-state index is 5.90. The molecule has 1 rings (SSSR count). The highest BCUT2D eigenvalue weighted by Crippen LogP contribution is 2.07. The van der Waals surface area contributed by atoms with Gasteiger partial charge in [0.15, 0.2) is 0 Å². The van der Waals surface area contributed by atoms with Gasteiger partial charge in [0.05, 0.1) is 6.61 Å². The first-order valence-electron chi connectivity index (χ1n) is 5.74. The summed E-state index contributed by atoms with van der Waals surface area (Å²) >= 11 is 0. The Balaban J connectivity index is 2.00. The average Bonchev–Trinajstić information content (AvgIpc) is 2.12. The van der Waals surface area contributed by atoms with Crippen LogP contribution in [0.4, 0.5) is 0 Å². The predicted octanol–water partition coefficient (Wildman–Crippen LogP) is 1.08. The van der Waals surface area contributed by atoms with E-state index in [1.54, 1.807) is 0 Å². The molecule has 0 aliphatic carbocycles. The molecule has 1 aliphatic heterocycles. The summed E-state index contributed by atoms with van der Waals surface area (Å²) in [5.74, 6) is 0.638. The van der Waals surface area contributed by atoms with Crippen molar-refractivity contribution in [1.82, 2.24) is 4.90 Å². The minimum Gasteiger partial charge on any atom is -0.380 e. The summed E-state index contributed by atoms with van der Waals surface area (Å²) in [6.45, 7) is 9.36. The van der Waals surface area contributed by atoms with E-state index in [1.807, 2.05) is 0 Å². The maximum Gasteiger partial charge on any atom is 0.0593 e. The first-order valence-corrected chi connectivity index (χ1v) is 5.74. The molecular weight excluding hydrogens is 176 g/mol. The summed E-state index contributed by atoms with van der Waals surface area (Å²) in [5, 5.41) is 0. The van der Waals surface area contributed by atoms with Gasteiger partial charge in [0.1, 0.15) is 0 Å².